The Morgan fingerprint density at radius 1 is 1.06 bits per heavy atom. The fraction of sp³-hybridized carbons (Fsp3) is 0.267. The third kappa shape index (κ3) is 1.80. The normalized spacial score (nSPS) is 15.4. The van der Waals surface area contributed by atoms with Crippen LogP contribution in [-0.4, -0.2) is 19.4 Å². The van der Waals surface area contributed by atoms with Crippen LogP contribution >= 0.6 is 0 Å². The van der Waals surface area contributed by atoms with Crippen molar-refractivity contribution < 1.29 is 4.79 Å². The van der Waals surface area contributed by atoms with Crippen molar-refractivity contribution in [2.45, 2.75) is 12.8 Å². The van der Waals surface area contributed by atoms with E-state index in [1.807, 2.05) is 18.2 Å². The summed E-state index contributed by atoms with van der Waals surface area (Å²) in [6.07, 6.45) is 3.44. The van der Waals surface area contributed by atoms with Gasteiger partial charge in [-0.15, -0.1) is 0 Å². The van der Waals surface area contributed by atoms with Crippen LogP contribution in [0, 0.1) is 0 Å². The maximum absolute atomic E-state index is 11.0. The molecule has 0 radical (unpaired) electrons. The Bertz CT molecular complexity index is 556. The first kappa shape index (κ1) is 10.3. The monoisotopic (exact) mass is 225 g/mol. The number of anilines is 1. The Morgan fingerprint density at radius 2 is 1.82 bits per heavy atom. The van der Waals surface area contributed by atoms with E-state index in [-0.39, 0.29) is 0 Å². The van der Waals surface area contributed by atoms with E-state index < -0.39 is 0 Å². The van der Waals surface area contributed by atoms with Crippen LogP contribution in [0.2, 0.25) is 0 Å². The Labute approximate surface area is 101 Å². The van der Waals surface area contributed by atoms with Crippen molar-refractivity contribution in [3.05, 3.63) is 42.0 Å². The number of carbonyl (C=O) groups excluding carboxylic acids is 1. The van der Waals surface area contributed by atoms with E-state index in [0.717, 1.165) is 30.3 Å². The fourth-order valence-electron chi connectivity index (χ4n) is 2.60. The van der Waals surface area contributed by atoms with Crippen LogP contribution in [0.3, 0.4) is 0 Å². The molecule has 0 N–H and O–H groups in total. The zero-order valence-electron chi connectivity index (χ0n) is 9.73. The molecule has 0 atom stereocenters. The van der Waals surface area contributed by atoms with Gasteiger partial charge in [0, 0.05) is 29.7 Å². The average Bonchev–Trinajstić information content (AvgIpc) is 2.91. The van der Waals surface area contributed by atoms with Crippen LogP contribution in [0.25, 0.3) is 10.8 Å². The van der Waals surface area contributed by atoms with E-state index in [1.165, 1.54) is 23.9 Å². The van der Waals surface area contributed by atoms with E-state index >= 15 is 0 Å². The molecule has 0 amide bonds. The molecule has 2 heteroatoms. The van der Waals surface area contributed by atoms with Crippen LogP contribution in [-0.2, 0) is 0 Å². The highest BCUT2D eigenvalue weighted by Gasteiger charge is 2.15. The molecule has 2 aromatic rings. The van der Waals surface area contributed by atoms with Crippen molar-refractivity contribution in [1.82, 2.24) is 0 Å². The van der Waals surface area contributed by atoms with Gasteiger partial charge in [0.05, 0.1) is 0 Å². The molecule has 0 aromatic heterocycles. The average molecular weight is 225 g/mol. The summed E-state index contributed by atoms with van der Waals surface area (Å²) in [7, 11) is 0. The summed E-state index contributed by atoms with van der Waals surface area (Å²) >= 11 is 0. The lowest BCUT2D eigenvalue weighted by molar-refractivity contribution is 0.112. The highest BCUT2D eigenvalue weighted by atomic mass is 16.1. The van der Waals surface area contributed by atoms with Gasteiger partial charge in [0.2, 0.25) is 0 Å². The maximum Gasteiger partial charge on any atom is 0.150 e. The third-order valence-corrected chi connectivity index (χ3v) is 3.45. The van der Waals surface area contributed by atoms with E-state index in [1.54, 1.807) is 0 Å². The van der Waals surface area contributed by atoms with Gasteiger partial charge in [0.1, 0.15) is 6.29 Å². The van der Waals surface area contributed by atoms with Crippen LogP contribution < -0.4 is 4.90 Å². The van der Waals surface area contributed by atoms with Gasteiger partial charge in [-0.3, -0.25) is 4.79 Å². The van der Waals surface area contributed by atoms with Crippen molar-refractivity contribution >= 4 is 22.7 Å². The summed E-state index contributed by atoms with van der Waals surface area (Å²) in [6, 6.07) is 12.3. The molecule has 0 saturated carbocycles. The van der Waals surface area contributed by atoms with Gasteiger partial charge in [-0.25, -0.2) is 0 Å². The SMILES string of the molecule is O=Cc1cc(N2CCCC2)c2ccccc2c1. The first-order valence-corrected chi connectivity index (χ1v) is 6.11. The van der Waals surface area contributed by atoms with Gasteiger partial charge in [0.25, 0.3) is 0 Å². The van der Waals surface area contributed by atoms with Crippen molar-refractivity contribution in [3.8, 4) is 0 Å². The fourth-order valence-corrected chi connectivity index (χ4v) is 2.60. The van der Waals surface area contributed by atoms with Gasteiger partial charge in [-0.2, -0.15) is 0 Å². The van der Waals surface area contributed by atoms with Crippen LogP contribution in [0.1, 0.15) is 23.2 Å². The molecule has 3 rings (SSSR count). The lowest BCUT2D eigenvalue weighted by atomic mass is 10.0. The molecule has 0 aliphatic carbocycles. The van der Waals surface area contributed by atoms with Gasteiger partial charge in [-0.1, -0.05) is 24.3 Å². The number of hydrogen-bond acceptors (Lipinski definition) is 2. The van der Waals surface area contributed by atoms with Gasteiger partial charge < -0.3 is 4.90 Å². The van der Waals surface area contributed by atoms with E-state index in [0.29, 0.717) is 0 Å². The highest BCUT2D eigenvalue weighted by Crippen LogP contribution is 2.30. The van der Waals surface area contributed by atoms with Gasteiger partial charge in [-0.05, 0) is 30.4 Å². The Kier molecular flexibility index (Phi) is 2.56. The van der Waals surface area contributed by atoms with Crippen LogP contribution in [0.4, 0.5) is 5.69 Å². The number of carbonyl (C=O) groups is 1. The number of aldehydes is 1. The van der Waals surface area contributed by atoms with Crippen molar-refractivity contribution in [1.29, 1.82) is 0 Å². The minimum Gasteiger partial charge on any atom is -0.371 e. The lowest BCUT2D eigenvalue weighted by Gasteiger charge is -2.20. The molecule has 0 spiro atoms. The minimum absolute atomic E-state index is 0.769. The van der Waals surface area contributed by atoms with Crippen LogP contribution in [0.15, 0.2) is 36.4 Å². The van der Waals surface area contributed by atoms with Crippen LogP contribution in [0.5, 0.6) is 0 Å². The van der Waals surface area contributed by atoms with Crippen molar-refractivity contribution in [2.24, 2.45) is 0 Å². The third-order valence-electron chi connectivity index (χ3n) is 3.45. The standard InChI is InChI=1S/C15H15NO/c17-11-12-9-13-5-1-2-6-14(13)15(10-12)16-7-3-4-8-16/h1-2,5-6,9-11H,3-4,7-8H2. The smallest absolute Gasteiger partial charge is 0.150 e. The molecule has 2 nitrogen and oxygen atoms in total. The predicted octanol–water partition coefficient (Wildman–Crippen LogP) is 3.25. The van der Waals surface area contributed by atoms with E-state index in [2.05, 4.69) is 23.1 Å². The summed E-state index contributed by atoms with van der Waals surface area (Å²) in [5, 5.41) is 2.40. The molecule has 1 heterocycles. The summed E-state index contributed by atoms with van der Waals surface area (Å²) in [6.45, 7) is 2.21. The molecule has 1 aliphatic rings. The second kappa shape index (κ2) is 4.21. The number of hydrogen-bond donors (Lipinski definition) is 0. The Hall–Kier alpha value is -1.83. The molecule has 1 aliphatic heterocycles. The summed E-state index contributed by atoms with van der Waals surface area (Å²) in [5.41, 5.74) is 1.98. The molecule has 86 valence electrons. The molecule has 0 unspecified atom stereocenters. The first-order valence-electron chi connectivity index (χ1n) is 6.11. The Morgan fingerprint density at radius 3 is 2.59 bits per heavy atom. The summed E-state index contributed by atoms with van der Waals surface area (Å²) in [4.78, 5) is 13.4. The van der Waals surface area contributed by atoms with Crippen molar-refractivity contribution in [2.75, 3.05) is 18.0 Å². The van der Waals surface area contributed by atoms with E-state index in [4.69, 9.17) is 0 Å². The highest BCUT2D eigenvalue weighted by molar-refractivity contribution is 5.98. The lowest BCUT2D eigenvalue weighted by Crippen LogP contribution is -2.18. The number of nitrogens with zero attached hydrogens (tertiary/aromatic N) is 1. The molecule has 17 heavy (non-hydrogen) atoms. The summed E-state index contributed by atoms with van der Waals surface area (Å²) < 4.78 is 0. The molecule has 0 bridgehead atoms. The minimum atomic E-state index is 0.769. The molecule has 1 fully saturated rings. The predicted molar refractivity (Wildman–Crippen MR) is 70.8 cm³/mol. The Balaban J connectivity index is 2.22. The van der Waals surface area contributed by atoms with Gasteiger partial charge in [0.15, 0.2) is 0 Å². The molecule has 2 aromatic carbocycles. The first-order chi connectivity index (χ1) is 8.38. The second-order valence-electron chi connectivity index (χ2n) is 4.57. The number of benzene rings is 2. The maximum atomic E-state index is 11.0. The largest absolute Gasteiger partial charge is 0.371 e. The zero-order chi connectivity index (χ0) is 11.7. The molecule has 1 saturated heterocycles. The quantitative estimate of drug-likeness (QED) is 0.731. The number of fused-ring (bicyclic) bond motifs is 1. The summed E-state index contributed by atoms with van der Waals surface area (Å²) in [5.74, 6) is 0. The van der Waals surface area contributed by atoms with E-state index in [9.17, 15) is 4.79 Å². The number of rotatable bonds is 2. The molecular weight excluding hydrogens is 210 g/mol. The van der Waals surface area contributed by atoms with Gasteiger partial charge >= 0.3 is 0 Å². The van der Waals surface area contributed by atoms with Crippen molar-refractivity contribution in [3.63, 3.8) is 0 Å². The second-order valence-corrected chi connectivity index (χ2v) is 4.57. The zero-order valence-corrected chi connectivity index (χ0v) is 9.73. The topological polar surface area (TPSA) is 20.3 Å². The molecular formula is C15H15NO.